The summed E-state index contributed by atoms with van der Waals surface area (Å²) in [6.45, 7) is 1.90. The molecule has 2 heterocycles. The van der Waals surface area contributed by atoms with Crippen LogP contribution < -0.4 is 5.32 Å². The molecule has 0 atom stereocenters. The average molecular weight is 300 g/mol. The second-order valence-corrected chi connectivity index (χ2v) is 5.29. The summed E-state index contributed by atoms with van der Waals surface area (Å²) in [4.78, 5) is 19.4. The normalized spacial score (nSPS) is 10.8. The third-order valence-corrected chi connectivity index (χ3v) is 3.58. The summed E-state index contributed by atoms with van der Waals surface area (Å²) in [6.07, 6.45) is 3.81. The number of fused-ring (bicyclic) bond motifs is 1. The van der Waals surface area contributed by atoms with Gasteiger partial charge in [-0.05, 0) is 30.2 Å². The van der Waals surface area contributed by atoms with Crippen LogP contribution in [0.5, 0.6) is 0 Å². The number of nitrogens with one attached hydrogen (secondary N) is 2. The van der Waals surface area contributed by atoms with Gasteiger partial charge in [0.25, 0.3) is 0 Å². The zero-order valence-corrected chi connectivity index (χ0v) is 12.2. The number of anilines is 1. The fourth-order valence-corrected chi connectivity index (χ4v) is 2.44. The lowest BCUT2D eigenvalue weighted by Crippen LogP contribution is -2.14. The predicted molar refractivity (Wildman–Crippen MR) is 84.6 cm³/mol. The first kappa shape index (κ1) is 13.6. The molecule has 0 spiro atoms. The van der Waals surface area contributed by atoms with Gasteiger partial charge in [-0.15, -0.1) is 0 Å². The van der Waals surface area contributed by atoms with Gasteiger partial charge in [0.2, 0.25) is 5.91 Å². The van der Waals surface area contributed by atoms with Crippen LogP contribution in [0.3, 0.4) is 0 Å². The number of amides is 1. The number of H-pyrrole nitrogens is 1. The molecule has 0 bridgehead atoms. The molecule has 1 amide bonds. The molecule has 0 aliphatic carbocycles. The minimum atomic E-state index is -0.117. The Balaban J connectivity index is 1.79. The van der Waals surface area contributed by atoms with Gasteiger partial charge in [-0.2, -0.15) is 0 Å². The van der Waals surface area contributed by atoms with Gasteiger partial charge in [0.05, 0.1) is 12.1 Å². The number of benzene rings is 1. The van der Waals surface area contributed by atoms with E-state index in [9.17, 15) is 4.79 Å². The molecule has 21 heavy (non-hydrogen) atoms. The summed E-state index contributed by atoms with van der Waals surface area (Å²) in [6, 6.07) is 9.70. The number of nitrogens with zero attached hydrogens (tertiary/aromatic N) is 1. The number of hydrogen-bond acceptors (Lipinski definition) is 2. The largest absolute Gasteiger partial charge is 0.361 e. The molecule has 0 radical (unpaired) electrons. The van der Waals surface area contributed by atoms with E-state index in [2.05, 4.69) is 15.3 Å². The molecule has 106 valence electrons. The Hall–Kier alpha value is -2.33. The van der Waals surface area contributed by atoms with Crippen molar-refractivity contribution in [2.24, 2.45) is 0 Å². The number of carbonyl (C=O) groups is 1. The number of rotatable bonds is 3. The van der Waals surface area contributed by atoms with E-state index in [-0.39, 0.29) is 12.3 Å². The molecule has 1 aromatic carbocycles. The SMILES string of the molecule is Cc1cnc(Cl)c(NC(=O)Cc2c[nH]c3ccccc23)c1. The van der Waals surface area contributed by atoms with Gasteiger partial charge in [-0.3, -0.25) is 4.79 Å². The summed E-state index contributed by atoms with van der Waals surface area (Å²) in [5.41, 5.74) is 3.47. The minimum absolute atomic E-state index is 0.117. The standard InChI is InChI=1S/C16H14ClN3O/c1-10-6-14(16(17)19-8-10)20-15(21)7-11-9-18-13-5-3-2-4-12(11)13/h2-6,8-9,18H,7H2,1H3,(H,20,21). The van der Waals surface area contributed by atoms with Crippen molar-refractivity contribution in [3.63, 3.8) is 0 Å². The number of pyridine rings is 1. The second kappa shape index (κ2) is 5.58. The molecule has 0 saturated heterocycles. The molecular formula is C16H14ClN3O. The Labute approximate surface area is 127 Å². The van der Waals surface area contributed by atoms with Crippen LogP contribution in [0.25, 0.3) is 10.9 Å². The van der Waals surface area contributed by atoms with Gasteiger partial charge < -0.3 is 10.3 Å². The zero-order valence-electron chi connectivity index (χ0n) is 11.5. The van der Waals surface area contributed by atoms with Crippen LogP contribution in [0, 0.1) is 6.92 Å². The summed E-state index contributed by atoms with van der Waals surface area (Å²) < 4.78 is 0. The van der Waals surface area contributed by atoms with Gasteiger partial charge in [0.1, 0.15) is 0 Å². The molecule has 5 heteroatoms. The maximum absolute atomic E-state index is 12.2. The number of aromatic amines is 1. The van der Waals surface area contributed by atoms with E-state index in [0.717, 1.165) is 22.0 Å². The highest BCUT2D eigenvalue weighted by Gasteiger charge is 2.11. The summed E-state index contributed by atoms with van der Waals surface area (Å²) >= 11 is 5.99. The van der Waals surface area contributed by atoms with Crippen molar-refractivity contribution in [1.29, 1.82) is 0 Å². The van der Waals surface area contributed by atoms with Crippen molar-refractivity contribution in [2.45, 2.75) is 13.3 Å². The average Bonchev–Trinajstić information content (AvgIpc) is 2.86. The molecule has 0 saturated carbocycles. The lowest BCUT2D eigenvalue weighted by molar-refractivity contribution is -0.115. The Bertz CT molecular complexity index is 810. The Morgan fingerprint density at radius 1 is 1.38 bits per heavy atom. The molecule has 0 aliphatic rings. The van der Waals surface area contributed by atoms with Gasteiger partial charge in [-0.1, -0.05) is 29.8 Å². The topological polar surface area (TPSA) is 57.8 Å². The third-order valence-electron chi connectivity index (χ3n) is 3.28. The van der Waals surface area contributed by atoms with Gasteiger partial charge in [0.15, 0.2) is 5.15 Å². The van der Waals surface area contributed by atoms with E-state index >= 15 is 0 Å². The first-order valence-electron chi connectivity index (χ1n) is 6.60. The van der Waals surface area contributed by atoms with Crippen LogP contribution in [0.4, 0.5) is 5.69 Å². The van der Waals surface area contributed by atoms with E-state index in [0.29, 0.717) is 10.8 Å². The van der Waals surface area contributed by atoms with Crippen molar-refractivity contribution < 1.29 is 4.79 Å². The molecule has 2 N–H and O–H groups in total. The van der Waals surface area contributed by atoms with E-state index in [1.165, 1.54) is 0 Å². The van der Waals surface area contributed by atoms with Crippen LogP contribution in [0.2, 0.25) is 5.15 Å². The van der Waals surface area contributed by atoms with Crippen molar-refractivity contribution in [3.8, 4) is 0 Å². The predicted octanol–water partition coefficient (Wildman–Crippen LogP) is 3.71. The van der Waals surface area contributed by atoms with Crippen LogP contribution >= 0.6 is 11.6 Å². The quantitative estimate of drug-likeness (QED) is 0.724. The summed E-state index contributed by atoms with van der Waals surface area (Å²) in [5.74, 6) is -0.117. The first-order chi connectivity index (χ1) is 10.1. The van der Waals surface area contributed by atoms with E-state index < -0.39 is 0 Å². The Kier molecular flexibility index (Phi) is 3.62. The number of hydrogen-bond donors (Lipinski definition) is 2. The fraction of sp³-hybridized carbons (Fsp3) is 0.125. The van der Waals surface area contributed by atoms with Gasteiger partial charge >= 0.3 is 0 Å². The number of aromatic nitrogens is 2. The maximum atomic E-state index is 12.2. The third kappa shape index (κ3) is 2.90. The lowest BCUT2D eigenvalue weighted by Gasteiger charge is -2.07. The first-order valence-corrected chi connectivity index (χ1v) is 6.98. The highest BCUT2D eigenvalue weighted by Crippen LogP contribution is 2.21. The van der Waals surface area contributed by atoms with Gasteiger partial charge in [0, 0.05) is 23.3 Å². The van der Waals surface area contributed by atoms with Crippen LogP contribution in [-0.2, 0) is 11.2 Å². The summed E-state index contributed by atoms with van der Waals surface area (Å²) in [7, 11) is 0. The molecule has 3 aromatic rings. The van der Waals surface area contributed by atoms with E-state index in [4.69, 9.17) is 11.6 Å². The van der Waals surface area contributed by atoms with Crippen molar-refractivity contribution >= 4 is 34.1 Å². The molecule has 2 aromatic heterocycles. The molecule has 0 unspecified atom stereocenters. The maximum Gasteiger partial charge on any atom is 0.228 e. The number of carbonyl (C=O) groups excluding carboxylic acids is 1. The smallest absolute Gasteiger partial charge is 0.228 e. The fourth-order valence-electron chi connectivity index (χ4n) is 2.29. The molecular weight excluding hydrogens is 286 g/mol. The van der Waals surface area contributed by atoms with Crippen LogP contribution in [0.15, 0.2) is 42.7 Å². The lowest BCUT2D eigenvalue weighted by atomic mass is 10.1. The van der Waals surface area contributed by atoms with Crippen molar-refractivity contribution in [1.82, 2.24) is 9.97 Å². The zero-order chi connectivity index (χ0) is 14.8. The van der Waals surface area contributed by atoms with Gasteiger partial charge in [-0.25, -0.2) is 4.98 Å². The Morgan fingerprint density at radius 2 is 2.19 bits per heavy atom. The molecule has 4 nitrogen and oxygen atoms in total. The minimum Gasteiger partial charge on any atom is -0.361 e. The highest BCUT2D eigenvalue weighted by molar-refractivity contribution is 6.32. The summed E-state index contributed by atoms with van der Waals surface area (Å²) in [5, 5.41) is 4.16. The van der Waals surface area contributed by atoms with E-state index in [1.54, 1.807) is 6.20 Å². The van der Waals surface area contributed by atoms with Crippen LogP contribution in [0.1, 0.15) is 11.1 Å². The highest BCUT2D eigenvalue weighted by atomic mass is 35.5. The number of halogens is 1. The number of aryl methyl sites for hydroxylation is 1. The number of para-hydroxylation sites is 1. The van der Waals surface area contributed by atoms with Crippen LogP contribution in [-0.4, -0.2) is 15.9 Å². The molecule has 0 fully saturated rings. The second-order valence-electron chi connectivity index (χ2n) is 4.94. The monoisotopic (exact) mass is 299 g/mol. The van der Waals surface area contributed by atoms with Crippen molar-refractivity contribution in [2.75, 3.05) is 5.32 Å². The molecule has 0 aliphatic heterocycles. The Morgan fingerprint density at radius 3 is 3.05 bits per heavy atom. The molecule has 3 rings (SSSR count). The van der Waals surface area contributed by atoms with Crippen molar-refractivity contribution in [3.05, 3.63) is 59.0 Å². The van der Waals surface area contributed by atoms with E-state index in [1.807, 2.05) is 43.5 Å².